The molecule has 1 unspecified atom stereocenters. The average molecular weight is 624 g/mol. The van der Waals surface area contributed by atoms with E-state index in [1.165, 1.54) is 0 Å². The van der Waals surface area contributed by atoms with E-state index in [-0.39, 0.29) is 18.6 Å². The maximum atomic E-state index is 12.3. The Balaban J connectivity index is 1.22. The summed E-state index contributed by atoms with van der Waals surface area (Å²) in [5.41, 5.74) is 6.46. The molecule has 0 aromatic heterocycles. The van der Waals surface area contributed by atoms with Crippen molar-refractivity contribution < 1.29 is 23.7 Å². The molecule has 1 fully saturated rings. The number of ether oxygens (including phenoxy) is 4. The summed E-state index contributed by atoms with van der Waals surface area (Å²) < 4.78 is 24.1. The minimum Gasteiger partial charge on any atom is -0.488 e. The van der Waals surface area contributed by atoms with Crippen LogP contribution in [0.3, 0.4) is 0 Å². The molecule has 0 spiro atoms. The Labute approximate surface area is 267 Å². The van der Waals surface area contributed by atoms with Gasteiger partial charge in [0.15, 0.2) is 11.5 Å². The molecule has 1 saturated heterocycles. The van der Waals surface area contributed by atoms with Crippen LogP contribution < -0.4 is 29.6 Å². The monoisotopic (exact) mass is 623 g/mol. The summed E-state index contributed by atoms with van der Waals surface area (Å²) in [6.07, 6.45) is 1.69. The minimum atomic E-state index is -0.280. The molecule has 1 amide bonds. The van der Waals surface area contributed by atoms with Crippen molar-refractivity contribution in [2.45, 2.75) is 45.6 Å². The average Bonchev–Trinajstić information content (AvgIpc) is 3.07. The lowest BCUT2D eigenvalue weighted by atomic mass is 9.96. The van der Waals surface area contributed by atoms with Gasteiger partial charge in [0.25, 0.3) is 0 Å². The van der Waals surface area contributed by atoms with Gasteiger partial charge < -0.3 is 29.6 Å². The van der Waals surface area contributed by atoms with E-state index in [4.69, 9.17) is 30.5 Å². The van der Waals surface area contributed by atoms with Gasteiger partial charge in [-0.3, -0.25) is 4.79 Å². The molecular weight excluding hydrogens is 590 g/mol. The number of nitrogens with zero attached hydrogens (tertiary/aromatic N) is 1. The second-order valence-electron chi connectivity index (χ2n) is 11.1. The molecule has 230 valence electrons. The van der Waals surface area contributed by atoms with Crippen molar-refractivity contribution in [2.75, 3.05) is 19.8 Å². The molecule has 0 aliphatic carbocycles. The molecule has 2 heterocycles. The number of rotatable bonds is 10. The number of carbonyl (C=O) groups is 1. The highest BCUT2D eigenvalue weighted by Gasteiger charge is 2.22. The van der Waals surface area contributed by atoms with Gasteiger partial charge in [0, 0.05) is 24.7 Å². The zero-order chi connectivity index (χ0) is 31.2. The lowest BCUT2D eigenvalue weighted by Crippen LogP contribution is -2.47. The Hall–Kier alpha value is -4.71. The molecule has 2 aliphatic rings. The fourth-order valence-electron chi connectivity index (χ4n) is 5.57. The molecule has 9 heteroatoms. The van der Waals surface area contributed by atoms with Crippen LogP contribution in [0.15, 0.2) is 72.8 Å². The van der Waals surface area contributed by atoms with Crippen molar-refractivity contribution in [1.82, 2.24) is 10.6 Å². The van der Waals surface area contributed by atoms with Gasteiger partial charge >= 0.3 is 0 Å². The van der Waals surface area contributed by atoms with Crippen LogP contribution in [-0.2, 0) is 24.6 Å². The first kappa shape index (κ1) is 30.3. The van der Waals surface area contributed by atoms with E-state index in [1.807, 2.05) is 48.5 Å². The van der Waals surface area contributed by atoms with Gasteiger partial charge in [-0.2, -0.15) is 5.26 Å². The zero-order valence-electron chi connectivity index (χ0n) is 25.0. The predicted molar refractivity (Wildman–Crippen MR) is 172 cm³/mol. The Kier molecular flexibility index (Phi) is 9.39. The van der Waals surface area contributed by atoms with Crippen molar-refractivity contribution in [3.8, 4) is 40.2 Å². The van der Waals surface area contributed by atoms with Gasteiger partial charge in [0.1, 0.15) is 37.9 Å². The van der Waals surface area contributed by atoms with Gasteiger partial charge in [-0.25, -0.2) is 0 Å². The molecule has 8 nitrogen and oxygen atoms in total. The van der Waals surface area contributed by atoms with Gasteiger partial charge in [-0.15, -0.1) is 0 Å². The molecule has 45 heavy (non-hydrogen) atoms. The van der Waals surface area contributed by atoms with Crippen molar-refractivity contribution in [3.05, 3.63) is 106 Å². The fraction of sp³-hybridized carbons (Fsp3) is 0.278. The molecule has 2 aliphatic heterocycles. The predicted octanol–water partition coefficient (Wildman–Crippen LogP) is 6.48. The van der Waals surface area contributed by atoms with Crippen LogP contribution in [0.25, 0.3) is 11.1 Å². The van der Waals surface area contributed by atoms with E-state index in [0.29, 0.717) is 55.0 Å². The highest BCUT2D eigenvalue weighted by molar-refractivity contribution is 6.32. The number of benzene rings is 4. The maximum Gasteiger partial charge on any atom is 0.237 e. The Bertz CT molecular complexity index is 1750. The first-order chi connectivity index (χ1) is 22.0. The molecule has 4 aromatic carbocycles. The summed E-state index contributed by atoms with van der Waals surface area (Å²) >= 11 is 6.76. The first-order valence-electron chi connectivity index (χ1n) is 15.0. The first-order valence-corrected chi connectivity index (χ1v) is 15.4. The number of halogens is 1. The standard InChI is InChI=1S/C36H34ClN3O5/c1-23-27(7-3-8-29(23)26-10-11-32-35(17-26)43-14-13-42-32)22-45-34-18-33(44-21-25-6-2-5-24(15-25)19-38)28(16-30(34)37)20-40-31-9-4-12-39-36(31)41/h2-3,5-8,10-11,15-18,31,40H,4,9,12-14,20-22H2,1H3,(H,39,41). The normalized spacial score (nSPS) is 15.6. The van der Waals surface area contributed by atoms with Crippen molar-refractivity contribution in [3.63, 3.8) is 0 Å². The van der Waals surface area contributed by atoms with Crippen molar-refractivity contribution >= 4 is 17.5 Å². The molecule has 0 bridgehead atoms. The molecule has 0 saturated carbocycles. The van der Waals surface area contributed by atoms with Crippen LogP contribution in [0.5, 0.6) is 23.0 Å². The Morgan fingerprint density at radius 2 is 1.78 bits per heavy atom. The number of fused-ring (bicyclic) bond motifs is 1. The number of hydrogen-bond donors (Lipinski definition) is 2. The quantitative estimate of drug-likeness (QED) is 0.208. The molecule has 0 radical (unpaired) electrons. The van der Waals surface area contributed by atoms with E-state index >= 15 is 0 Å². The number of piperidine rings is 1. The number of nitrogens with one attached hydrogen (secondary N) is 2. The Morgan fingerprint density at radius 3 is 2.62 bits per heavy atom. The summed E-state index contributed by atoms with van der Waals surface area (Å²) in [5.74, 6) is 2.57. The summed E-state index contributed by atoms with van der Waals surface area (Å²) in [5, 5.41) is 16.0. The Morgan fingerprint density at radius 1 is 0.956 bits per heavy atom. The van der Waals surface area contributed by atoms with Gasteiger partial charge in [-0.05, 0) is 77.9 Å². The second kappa shape index (κ2) is 13.9. The lowest BCUT2D eigenvalue weighted by molar-refractivity contribution is -0.124. The summed E-state index contributed by atoms with van der Waals surface area (Å²) in [4.78, 5) is 12.3. The summed E-state index contributed by atoms with van der Waals surface area (Å²) in [6.45, 7) is 4.81. The smallest absolute Gasteiger partial charge is 0.237 e. The molecular formula is C36H34ClN3O5. The minimum absolute atomic E-state index is 0.00284. The largest absolute Gasteiger partial charge is 0.488 e. The third-order valence-corrected chi connectivity index (χ3v) is 8.37. The summed E-state index contributed by atoms with van der Waals surface area (Å²) in [7, 11) is 0. The van der Waals surface area contributed by atoms with E-state index in [2.05, 4.69) is 29.7 Å². The lowest BCUT2D eigenvalue weighted by Gasteiger charge is -2.24. The highest BCUT2D eigenvalue weighted by Crippen LogP contribution is 2.37. The van der Waals surface area contributed by atoms with Crippen LogP contribution in [-0.4, -0.2) is 31.7 Å². The van der Waals surface area contributed by atoms with Crippen LogP contribution in [0, 0.1) is 18.3 Å². The molecule has 2 N–H and O–H groups in total. The number of nitriles is 1. The number of hydrogen-bond acceptors (Lipinski definition) is 7. The molecule has 6 rings (SSSR count). The molecule has 4 aromatic rings. The van der Waals surface area contributed by atoms with Gasteiger partial charge in [0.2, 0.25) is 5.91 Å². The van der Waals surface area contributed by atoms with Gasteiger partial charge in [-0.1, -0.05) is 48.0 Å². The maximum absolute atomic E-state index is 12.3. The van der Waals surface area contributed by atoms with Crippen LogP contribution >= 0.6 is 11.6 Å². The van der Waals surface area contributed by atoms with Gasteiger partial charge in [0.05, 0.1) is 22.7 Å². The topological polar surface area (TPSA) is 102 Å². The third kappa shape index (κ3) is 7.17. The van der Waals surface area contributed by atoms with E-state index < -0.39 is 0 Å². The fourth-order valence-corrected chi connectivity index (χ4v) is 5.81. The van der Waals surface area contributed by atoms with E-state index in [1.54, 1.807) is 18.2 Å². The number of amides is 1. The zero-order valence-corrected chi connectivity index (χ0v) is 25.8. The number of carbonyl (C=O) groups excluding carboxylic acids is 1. The summed E-state index contributed by atoms with van der Waals surface area (Å²) in [6, 6.07) is 24.9. The third-order valence-electron chi connectivity index (χ3n) is 8.07. The van der Waals surface area contributed by atoms with E-state index in [0.717, 1.165) is 57.7 Å². The van der Waals surface area contributed by atoms with Crippen molar-refractivity contribution in [2.24, 2.45) is 0 Å². The van der Waals surface area contributed by atoms with E-state index in [9.17, 15) is 10.1 Å². The highest BCUT2D eigenvalue weighted by atomic mass is 35.5. The SMILES string of the molecule is Cc1c(COc2cc(OCc3cccc(C#N)c3)c(CNC3CCCNC3=O)cc2Cl)cccc1-c1ccc2c(c1)OCCO2. The molecule has 1 atom stereocenters. The van der Waals surface area contributed by atoms with Crippen LogP contribution in [0.2, 0.25) is 5.02 Å². The second-order valence-corrected chi connectivity index (χ2v) is 11.5. The van der Waals surface area contributed by atoms with Crippen LogP contribution in [0.1, 0.15) is 40.7 Å². The van der Waals surface area contributed by atoms with Crippen molar-refractivity contribution in [1.29, 1.82) is 5.26 Å². The van der Waals surface area contributed by atoms with Crippen LogP contribution in [0.4, 0.5) is 0 Å².